The van der Waals surface area contributed by atoms with E-state index in [1.807, 2.05) is 0 Å². The van der Waals surface area contributed by atoms with Crippen molar-refractivity contribution in [3.05, 3.63) is 79.8 Å². The van der Waals surface area contributed by atoms with Gasteiger partial charge in [0.2, 0.25) is 0 Å². The number of hydrogen-bond donors (Lipinski definition) is 1. The van der Waals surface area contributed by atoms with E-state index in [0.29, 0.717) is 10.6 Å². The van der Waals surface area contributed by atoms with Gasteiger partial charge in [0.1, 0.15) is 6.54 Å². The number of ether oxygens (including phenoxy) is 1. The molecule has 0 aliphatic heterocycles. The Morgan fingerprint density at radius 1 is 1.00 bits per heavy atom. The second kappa shape index (κ2) is 7.37. The van der Waals surface area contributed by atoms with Crippen molar-refractivity contribution in [2.24, 2.45) is 0 Å². The Balaban J connectivity index is 1.70. The Morgan fingerprint density at radius 3 is 2.35 bits per heavy atom. The Hall–Kier alpha value is -3.19. The molecule has 0 amide bonds. The number of aromatic amines is 1. The number of fused-ring (bicyclic) bond motifs is 1. The van der Waals surface area contributed by atoms with E-state index in [-0.39, 0.29) is 10.8 Å². The van der Waals surface area contributed by atoms with Gasteiger partial charge in [-0.2, -0.15) is 0 Å². The third-order valence-electron chi connectivity index (χ3n) is 3.70. The maximum Gasteiger partial charge on any atom is 0.328 e. The largest absolute Gasteiger partial charge is 0.456 e. The van der Waals surface area contributed by atoms with E-state index in [0.717, 1.165) is 4.68 Å². The summed E-state index contributed by atoms with van der Waals surface area (Å²) >= 11 is 5.75. The van der Waals surface area contributed by atoms with Crippen LogP contribution in [0.4, 0.5) is 0 Å². The van der Waals surface area contributed by atoms with Gasteiger partial charge < -0.3 is 4.74 Å². The van der Waals surface area contributed by atoms with E-state index in [1.165, 1.54) is 24.3 Å². The molecular formula is C18H13ClN2O5. The Labute approximate surface area is 151 Å². The van der Waals surface area contributed by atoms with Crippen LogP contribution in [-0.2, 0) is 16.1 Å². The van der Waals surface area contributed by atoms with Crippen LogP contribution in [0.1, 0.15) is 10.4 Å². The molecule has 0 aliphatic carbocycles. The van der Waals surface area contributed by atoms with Crippen molar-refractivity contribution in [3.8, 4) is 0 Å². The van der Waals surface area contributed by atoms with Crippen LogP contribution in [0.3, 0.4) is 0 Å². The molecule has 0 radical (unpaired) electrons. The predicted octanol–water partition coefficient (Wildman–Crippen LogP) is 1.77. The zero-order chi connectivity index (χ0) is 18.7. The number of ketones is 1. The molecule has 0 saturated heterocycles. The molecule has 132 valence electrons. The molecular weight excluding hydrogens is 360 g/mol. The minimum Gasteiger partial charge on any atom is -0.456 e. The summed E-state index contributed by atoms with van der Waals surface area (Å²) in [5.41, 5.74) is -0.676. The molecule has 1 aromatic heterocycles. The van der Waals surface area contributed by atoms with E-state index < -0.39 is 36.0 Å². The number of hydrogen-bond acceptors (Lipinski definition) is 5. The molecule has 1 N–H and O–H groups in total. The number of aromatic nitrogens is 2. The SMILES string of the molecule is O=C(Cn1[nH]c(=O)c2ccccc2c1=O)OCC(=O)c1ccc(Cl)cc1. The van der Waals surface area contributed by atoms with E-state index in [4.69, 9.17) is 16.3 Å². The quantitative estimate of drug-likeness (QED) is 0.543. The molecule has 0 fully saturated rings. The van der Waals surface area contributed by atoms with Crippen LogP contribution < -0.4 is 11.1 Å². The van der Waals surface area contributed by atoms with E-state index >= 15 is 0 Å². The first-order chi connectivity index (χ1) is 12.5. The maximum atomic E-state index is 12.3. The van der Waals surface area contributed by atoms with Crippen molar-refractivity contribution in [3.63, 3.8) is 0 Å². The lowest BCUT2D eigenvalue weighted by Crippen LogP contribution is -2.33. The van der Waals surface area contributed by atoms with Gasteiger partial charge >= 0.3 is 5.97 Å². The van der Waals surface area contributed by atoms with Gasteiger partial charge in [0.25, 0.3) is 11.1 Å². The fraction of sp³-hybridized carbons (Fsp3) is 0.111. The summed E-state index contributed by atoms with van der Waals surface area (Å²) in [7, 11) is 0. The lowest BCUT2D eigenvalue weighted by molar-refractivity contribution is -0.143. The molecule has 1 heterocycles. The number of carbonyl (C=O) groups is 2. The summed E-state index contributed by atoms with van der Waals surface area (Å²) in [5, 5.41) is 3.24. The van der Waals surface area contributed by atoms with Gasteiger partial charge in [-0.15, -0.1) is 0 Å². The average Bonchev–Trinajstić information content (AvgIpc) is 2.64. The fourth-order valence-corrected chi connectivity index (χ4v) is 2.52. The zero-order valence-corrected chi connectivity index (χ0v) is 14.2. The van der Waals surface area contributed by atoms with E-state index in [1.54, 1.807) is 24.3 Å². The third-order valence-corrected chi connectivity index (χ3v) is 3.95. The highest BCUT2D eigenvalue weighted by atomic mass is 35.5. The zero-order valence-electron chi connectivity index (χ0n) is 13.4. The summed E-state index contributed by atoms with van der Waals surface area (Å²) < 4.78 is 5.76. The van der Waals surface area contributed by atoms with Gasteiger partial charge in [-0.1, -0.05) is 23.7 Å². The number of H-pyrrole nitrogens is 1. The summed E-state index contributed by atoms with van der Waals surface area (Å²) in [6.07, 6.45) is 0. The fourth-order valence-electron chi connectivity index (χ4n) is 2.40. The molecule has 0 atom stereocenters. The smallest absolute Gasteiger partial charge is 0.328 e. The molecule has 0 unspecified atom stereocenters. The van der Waals surface area contributed by atoms with Crippen molar-refractivity contribution in [1.29, 1.82) is 0 Å². The van der Waals surface area contributed by atoms with Crippen LogP contribution in [0.5, 0.6) is 0 Å². The van der Waals surface area contributed by atoms with Crippen molar-refractivity contribution < 1.29 is 14.3 Å². The lowest BCUT2D eigenvalue weighted by Gasteiger charge is -2.07. The predicted molar refractivity (Wildman–Crippen MR) is 95.6 cm³/mol. The van der Waals surface area contributed by atoms with Crippen molar-refractivity contribution in [2.45, 2.75) is 6.54 Å². The minimum absolute atomic E-state index is 0.196. The first kappa shape index (κ1) is 17.6. The monoisotopic (exact) mass is 372 g/mol. The molecule has 0 aliphatic rings. The summed E-state index contributed by atoms with van der Waals surface area (Å²) in [6, 6.07) is 12.4. The van der Waals surface area contributed by atoms with Crippen LogP contribution >= 0.6 is 11.6 Å². The molecule has 26 heavy (non-hydrogen) atoms. The molecule has 2 aromatic carbocycles. The molecule has 3 aromatic rings. The summed E-state index contributed by atoms with van der Waals surface area (Å²) in [4.78, 5) is 48.2. The van der Waals surface area contributed by atoms with Crippen LogP contribution in [0.25, 0.3) is 10.8 Å². The standard InChI is InChI=1S/C18H13ClN2O5/c19-12-7-5-11(6-8-12)15(22)10-26-16(23)9-21-18(25)14-4-2-1-3-13(14)17(24)20-21/h1-8H,9-10H2,(H,20,24). The third kappa shape index (κ3) is 3.73. The van der Waals surface area contributed by atoms with Crippen LogP contribution in [0.2, 0.25) is 5.02 Å². The number of halogens is 1. The van der Waals surface area contributed by atoms with Gasteiger partial charge in [-0.3, -0.25) is 24.3 Å². The number of rotatable bonds is 5. The lowest BCUT2D eigenvalue weighted by atomic mass is 10.1. The highest BCUT2D eigenvalue weighted by molar-refractivity contribution is 6.30. The Bertz CT molecular complexity index is 1100. The number of esters is 1. The first-order valence-corrected chi connectivity index (χ1v) is 8.00. The number of carbonyl (C=O) groups excluding carboxylic acids is 2. The highest BCUT2D eigenvalue weighted by Gasteiger charge is 2.13. The summed E-state index contributed by atoms with van der Waals surface area (Å²) in [6.45, 7) is -0.986. The molecule has 3 rings (SSSR count). The van der Waals surface area contributed by atoms with E-state index in [9.17, 15) is 19.2 Å². The van der Waals surface area contributed by atoms with Crippen molar-refractivity contribution in [2.75, 3.05) is 6.61 Å². The highest BCUT2D eigenvalue weighted by Crippen LogP contribution is 2.10. The molecule has 8 heteroatoms. The second-order valence-electron chi connectivity index (χ2n) is 5.47. The van der Waals surface area contributed by atoms with Crippen LogP contribution in [0.15, 0.2) is 58.1 Å². The number of Topliss-reactive ketones (excluding diaryl/α,β-unsaturated/α-hetero) is 1. The molecule has 7 nitrogen and oxygen atoms in total. The maximum absolute atomic E-state index is 12.3. The first-order valence-electron chi connectivity index (χ1n) is 7.62. The van der Waals surface area contributed by atoms with E-state index in [2.05, 4.69) is 5.10 Å². The van der Waals surface area contributed by atoms with Crippen LogP contribution in [0, 0.1) is 0 Å². The minimum atomic E-state index is -0.819. The summed E-state index contributed by atoms with van der Waals surface area (Å²) in [5.74, 6) is -1.23. The average molecular weight is 373 g/mol. The number of benzene rings is 2. The molecule has 0 saturated carbocycles. The second-order valence-corrected chi connectivity index (χ2v) is 5.90. The number of nitrogens with zero attached hydrogens (tertiary/aromatic N) is 1. The topological polar surface area (TPSA) is 98.2 Å². The Morgan fingerprint density at radius 2 is 1.65 bits per heavy atom. The number of nitrogens with one attached hydrogen (secondary N) is 1. The van der Waals surface area contributed by atoms with Gasteiger partial charge in [-0.05, 0) is 36.4 Å². The Kier molecular flexibility index (Phi) is 4.99. The normalized spacial score (nSPS) is 10.7. The van der Waals surface area contributed by atoms with Crippen LogP contribution in [-0.4, -0.2) is 28.1 Å². The molecule has 0 bridgehead atoms. The van der Waals surface area contributed by atoms with Gasteiger partial charge in [0.05, 0.1) is 10.8 Å². The molecule has 0 spiro atoms. The van der Waals surface area contributed by atoms with Gasteiger partial charge in [0.15, 0.2) is 12.4 Å². The van der Waals surface area contributed by atoms with Crippen molar-refractivity contribution in [1.82, 2.24) is 9.78 Å². The van der Waals surface area contributed by atoms with Gasteiger partial charge in [0, 0.05) is 10.6 Å². The van der Waals surface area contributed by atoms with Crippen molar-refractivity contribution >= 4 is 34.1 Å². The van der Waals surface area contributed by atoms with Gasteiger partial charge in [-0.25, -0.2) is 4.68 Å².